The maximum atomic E-state index is 13.0. The second kappa shape index (κ2) is 8.59. The minimum absolute atomic E-state index is 0.186. The number of rotatable bonds is 3. The summed E-state index contributed by atoms with van der Waals surface area (Å²) in [7, 11) is 1.33. The zero-order valence-corrected chi connectivity index (χ0v) is 17.2. The zero-order valence-electron chi connectivity index (χ0n) is 17.2. The summed E-state index contributed by atoms with van der Waals surface area (Å²) in [6, 6.07) is 13.9. The highest BCUT2D eigenvalue weighted by Crippen LogP contribution is 2.26. The summed E-state index contributed by atoms with van der Waals surface area (Å²) in [5.74, 6) is -0.978. The van der Waals surface area contributed by atoms with Crippen molar-refractivity contribution in [3.05, 3.63) is 70.8 Å². The van der Waals surface area contributed by atoms with Crippen molar-refractivity contribution in [2.24, 2.45) is 0 Å². The van der Waals surface area contributed by atoms with Gasteiger partial charge in [0.05, 0.1) is 24.8 Å². The van der Waals surface area contributed by atoms with Crippen molar-refractivity contribution in [3.8, 4) is 0 Å². The molecule has 160 valence electrons. The Morgan fingerprint density at radius 1 is 0.871 bits per heavy atom. The van der Waals surface area contributed by atoms with Crippen molar-refractivity contribution in [2.45, 2.75) is 13.0 Å². The largest absolute Gasteiger partial charge is 0.453 e. The molecular weight excluding hydrogens is 398 g/mol. The average molecular weight is 421 g/mol. The summed E-state index contributed by atoms with van der Waals surface area (Å²) in [6.07, 6.45) is 0.225. The molecule has 0 aromatic heterocycles. The van der Waals surface area contributed by atoms with Crippen LogP contribution in [0.1, 0.15) is 43.1 Å². The molecule has 0 bridgehead atoms. The second-order valence-electron chi connectivity index (χ2n) is 7.55. The minimum atomic E-state index is -0.408. The Kier molecular flexibility index (Phi) is 5.70. The van der Waals surface area contributed by atoms with E-state index in [1.54, 1.807) is 21.9 Å². The van der Waals surface area contributed by atoms with Gasteiger partial charge in [-0.1, -0.05) is 30.3 Å². The van der Waals surface area contributed by atoms with Crippen LogP contribution in [0.2, 0.25) is 0 Å². The molecule has 0 aliphatic carbocycles. The van der Waals surface area contributed by atoms with Crippen LogP contribution >= 0.6 is 0 Å². The Balaban J connectivity index is 1.50. The van der Waals surface area contributed by atoms with Gasteiger partial charge in [-0.3, -0.25) is 19.3 Å². The third kappa shape index (κ3) is 4.01. The van der Waals surface area contributed by atoms with E-state index < -0.39 is 12.0 Å². The fourth-order valence-corrected chi connectivity index (χ4v) is 3.95. The third-order valence-corrected chi connectivity index (χ3v) is 5.62. The third-order valence-electron chi connectivity index (χ3n) is 5.62. The Morgan fingerprint density at radius 3 is 2.29 bits per heavy atom. The van der Waals surface area contributed by atoms with Crippen molar-refractivity contribution in [1.82, 2.24) is 14.7 Å². The van der Waals surface area contributed by atoms with E-state index in [4.69, 9.17) is 4.74 Å². The van der Waals surface area contributed by atoms with Crippen LogP contribution in [0.4, 0.5) is 4.79 Å². The van der Waals surface area contributed by atoms with Gasteiger partial charge in [0.15, 0.2) is 0 Å². The summed E-state index contributed by atoms with van der Waals surface area (Å²) in [6.45, 7) is 1.95. The van der Waals surface area contributed by atoms with Gasteiger partial charge in [-0.15, -0.1) is 0 Å². The molecule has 0 unspecified atom stereocenters. The molecule has 0 atom stereocenters. The van der Waals surface area contributed by atoms with Crippen molar-refractivity contribution >= 4 is 23.8 Å². The van der Waals surface area contributed by atoms with Crippen molar-refractivity contribution in [1.29, 1.82) is 0 Å². The Morgan fingerprint density at radius 2 is 1.55 bits per heavy atom. The molecule has 1 saturated heterocycles. The fourth-order valence-electron chi connectivity index (χ4n) is 3.95. The Hall–Kier alpha value is -3.68. The van der Waals surface area contributed by atoms with E-state index >= 15 is 0 Å². The predicted molar refractivity (Wildman–Crippen MR) is 112 cm³/mol. The molecule has 4 amide bonds. The summed E-state index contributed by atoms with van der Waals surface area (Å²) in [5, 5.41) is 0. The van der Waals surface area contributed by atoms with Crippen LogP contribution in [0.15, 0.2) is 48.5 Å². The van der Waals surface area contributed by atoms with E-state index in [1.165, 1.54) is 18.1 Å². The minimum Gasteiger partial charge on any atom is -0.453 e. The number of benzene rings is 2. The van der Waals surface area contributed by atoms with Gasteiger partial charge >= 0.3 is 6.09 Å². The van der Waals surface area contributed by atoms with Crippen LogP contribution in [0.25, 0.3) is 0 Å². The van der Waals surface area contributed by atoms with Crippen LogP contribution in [-0.4, -0.2) is 71.8 Å². The molecule has 2 aromatic rings. The average Bonchev–Trinajstić information content (AvgIpc) is 2.97. The lowest BCUT2D eigenvalue weighted by atomic mass is 10.0. The van der Waals surface area contributed by atoms with Gasteiger partial charge in [-0.25, -0.2) is 4.79 Å². The van der Waals surface area contributed by atoms with E-state index in [2.05, 4.69) is 0 Å². The molecule has 0 N–H and O–H groups in total. The van der Waals surface area contributed by atoms with Gasteiger partial charge in [0.2, 0.25) is 0 Å². The highest BCUT2D eigenvalue weighted by molar-refractivity contribution is 6.22. The first kappa shape index (κ1) is 20.6. The summed E-state index contributed by atoms with van der Waals surface area (Å²) in [4.78, 5) is 54.8. The van der Waals surface area contributed by atoms with E-state index in [1.807, 2.05) is 30.3 Å². The molecule has 0 spiro atoms. The van der Waals surface area contributed by atoms with E-state index in [0.717, 1.165) is 5.56 Å². The predicted octanol–water partition coefficient (Wildman–Crippen LogP) is 2.40. The number of carbonyl (C=O) groups excluding carboxylic acids is 4. The normalized spacial score (nSPS) is 16.2. The van der Waals surface area contributed by atoms with Crippen LogP contribution in [-0.2, 0) is 11.3 Å². The van der Waals surface area contributed by atoms with Crippen molar-refractivity contribution < 1.29 is 23.9 Å². The molecule has 2 aliphatic heterocycles. The first-order valence-corrected chi connectivity index (χ1v) is 10.2. The first-order chi connectivity index (χ1) is 15.0. The Labute approximate surface area is 180 Å². The summed E-state index contributed by atoms with van der Waals surface area (Å²) < 4.78 is 4.76. The molecule has 0 saturated carbocycles. The molecule has 4 rings (SSSR count). The fraction of sp³-hybridized carbons (Fsp3) is 0.304. The molecule has 1 fully saturated rings. The quantitative estimate of drug-likeness (QED) is 0.711. The van der Waals surface area contributed by atoms with E-state index in [0.29, 0.717) is 43.7 Å². The Bertz CT molecular complexity index is 1040. The van der Waals surface area contributed by atoms with E-state index in [-0.39, 0.29) is 23.9 Å². The number of carbonyl (C=O) groups is 4. The number of fused-ring (bicyclic) bond motifs is 1. The van der Waals surface area contributed by atoms with Crippen LogP contribution in [0, 0.1) is 0 Å². The highest BCUT2D eigenvalue weighted by atomic mass is 16.5. The van der Waals surface area contributed by atoms with Crippen LogP contribution in [0.5, 0.6) is 0 Å². The number of hydrogen-bond acceptors (Lipinski definition) is 5. The van der Waals surface area contributed by atoms with Gasteiger partial charge in [0.25, 0.3) is 17.7 Å². The maximum absolute atomic E-state index is 13.0. The molecule has 8 nitrogen and oxygen atoms in total. The number of nitrogens with zero attached hydrogens (tertiary/aromatic N) is 3. The molecule has 0 radical (unpaired) electrons. The lowest BCUT2D eigenvalue weighted by Crippen LogP contribution is -2.37. The molecular formula is C23H23N3O5. The number of amides is 4. The monoisotopic (exact) mass is 421 g/mol. The molecule has 2 aromatic carbocycles. The molecule has 31 heavy (non-hydrogen) atoms. The zero-order chi connectivity index (χ0) is 22.0. The standard InChI is InChI=1S/C23H23N3O5/c1-31-23(30)25-11-5-10-24(12-13-25)20(27)17-8-9-18-19(14-17)22(29)26(21(18)28)15-16-6-3-2-4-7-16/h2-4,6-9,14H,5,10-13,15H2,1H3. The number of ether oxygens (including phenoxy) is 1. The van der Waals surface area contributed by atoms with Crippen LogP contribution < -0.4 is 0 Å². The summed E-state index contributed by atoms with van der Waals surface area (Å²) in [5.41, 5.74) is 1.77. The van der Waals surface area contributed by atoms with Gasteiger partial charge in [0, 0.05) is 31.7 Å². The second-order valence-corrected chi connectivity index (χ2v) is 7.55. The van der Waals surface area contributed by atoms with Gasteiger partial charge in [-0.2, -0.15) is 0 Å². The summed E-state index contributed by atoms with van der Waals surface area (Å²) >= 11 is 0. The number of imide groups is 1. The smallest absolute Gasteiger partial charge is 0.409 e. The van der Waals surface area contributed by atoms with Crippen molar-refractivity contribution in [2.75, 3.05) is 33.3 Å². The number of methoxy groups -OCH3 is 1. The lowest BCUT2D eigenvalue weighted by Gasteiger charge is -2.21. The maximum Gasteiger partial charge on any atom is 0.409 e. The molecule has 2 aliphatic rings. The van der Waals surface area contributed by atoms with Gasteiger partial charge in [-0.05, 0) is 30.2 Å². The van der Waals surface area contributed by atoms with Crippen molar-refractivity contribution in [3.63, 3.8) is 0 Å². The first-order valence-electron chi connectivity index (χ1n) is 10.2. The molecule has 8 heteroatoms. The lowest BCUT2D eigenvalue weighted by molar-refractivity contribution is 0.0642. The SMILES string of the molecule is COC(=O)N1CCCN(C(=O)c2ccc3c(c2)C(=O)N(Cc2ccccc2)C3=O)CC1. The topological polar surface area (TPSA) is 87.2 Å². The van der Waals surface area contributed by atoms with E-state index in [9.17, 15) is 19.2 Å². The highest BCUT2D eigenvalue weighted by Gasteiger charge is 2.36. The van der Waals surface area contributed by atoms with Gasteiger partial charge < -0.3 is 14.5 Å². The number of hydrogen-bond donors (Lipinski definition) is 0. The van der Waals surface area contributed by atoms with Crippen LogP contribution in [0.3, 0.4) is 0 Å². The molecule has 2 heterocycles. The van der Waals surface area contributed by atoms with Gasteiger partial charge in [0.1, 0.15) is 0 Å².